The van der Waals surface area contributed by atoms with Crippen molar-refractivity contribution in [3.63, 3.8) is 0 Å². The highest BCUT2D eigenvalue weighted by Gasteiger charge is 2.43. The van der Waals surface area contributed by atoms with Crippen LogP contribution >= 0.6 is 15.9 Å². The van der Waals surface area contributed by atoms with E-state index in [1.54, 1.807) is 30.0 Å². The van der Waals surface area contributed by atoms with Crippen molar-refractivity contribution in [2.75, 3.05) is 13.1 Å². The van der Waals surface area contributed by atoms with Crippen molar-refractivity contribution in [2.45, 2.75) is 64.6 Å². The molecule has 2 fully saturated rings. The van der Waals surface area contributed by atoms with Gasteiger partial charge in [-0.1, -0.05) is 34.8 Å². The predicted molar refractivity (Wildman–Crippen MR) is 142 cm³/mol. The molecule has 8 heteroatoms. The lowest BCUT2D eigenvalue weighted by Gasteiger charge is -2.47. The maximum absolute atomic E-state index is 14.2. The van der Waals surface area contributed by atoms with Gasteiger partial charge in [-0.15, -0.1) is 0 Å². The van der Waals surface area contributed by atoms with Crippen LogP contribution in [0.5, 0.6) is 5.75 Å². The molecule has 0 bridgehead atoms. The molecular formula is C29H31BrFNO5. The number of fused-ring (bicyclic) bond motifs is 2. The number of hydrogen-bond acceptors (Lipinski definition) is 5. The number of nitrogens with zero attached hydrogens (tertiary/aromatic N) is 1. The van der Waals surface area contributed by atoms with Gasteiger partial charge in [0, 0.05) is 40.0 Å². The van der Waals surface area contributed by atoms with Crippen LogP contribution in [0.1, 0.15) is 54.4 Å². The molecule has 2 aliphatic rings. The minimum absolute atomic E-state index is 0.0323. The van der Waals surface area contributed by atoms with E-state index in [0.29, 0.717) is 57.6 Å². The summed E-state index contributed by atoms with van der Waals surface area (Å²) in [6, 6.07) is 8.38. The molecular weight excluding hydrogens is 541 g/mol. The van der Waals surface area contributed by atoms with Crippen LogP contribution in [0.4, 0.5) is 4.39 Å². The lowest BCUT2D eigenvalue weighted by Crippen LogP contribution is -2.55. The average molecular weight is 572 g/mol. The molecule has 1 amide bonds. The van der Waals surface area contributed by atoms with Crippen molar-refractivity contribution < 1.29 is 23.4 Å². The minimum atomic E-state index is -0.659. The van der Waals surface area contributed by atoms with Gasteiger partial charge in [0.2, 0.25) is 5.91 Å². The molecule has 1 saturated carbocycles. The lowest BCUT2D eigenvalue weighted by atomic mass is 9.71. The Hall–Kier alpha value is -2.71. The number of amides is 1. The maximum Gasteiger partial charge on any atom is 0.340 e. The molecule has 2 atom stereocenters. The van der Waals surface area contributed by atoms with E-state index < -0.39 is 11.2 Å². The summed E-state index contributed by atoms with van der Waals surface area (Å²) in [4.78, 5) is 28.0. The number of aryl methyl sites for hydroxylation is 2. The summed E-state index contributed by atoms with van der Waals surface area (Å²) in [6.07, 6.45) is 4.39. The number of hydrogen-bond donors (Lipinski definition) is 1. The van der Waals surface area contributed by atoms with E-state index in [1.807, 2.05) is 13.0 Å². The first kappa shape index (κ1) is 25.9. The molecule has 196 valence electrons. The van der Waals surface area contributed by atoms with Crippen molar-refractivity contribution in [2.24, 2.45) is 5.92 Å². The van der Waals surface area contributed by atoms with Gasteiger partial charge in [0.25, 0.3) is 0 Å². The molecule has 6 nitrogen and oxygen atoms in total. The average Bonchev–Trinajstić information content (AvgIpc) is 2.86. The molecule has 1 N–H and O–H groups in total. The number of likely N-dealkylation sites (tertiary alicyclic amines) is 1. The number of carbonyl (C=O) groups excluding carboxylic acids is 1. The Bertz CT molecular complexity index is 1420. The Morgan fingerprint density at radius 2 is 2.03 bits per heavy atom. The highest BCUT2D eigenvalue weighted by molar-refractivity contribution is 9.10. The zero-order valence-electron chi connectivity index (χ0n) is 21.1. The number of aliphatic hydroxyl groups is 1. The smallest absolute Gasteiger partial charge is 0.340 e. The monoisotopic (exact) mass is 571 g/mol. The van der Waals surface area contributed by atoms with Crippen LogP contribution in [0, 0.1) is 25.6 Å². The third kappa shape index (κ3) is 5.06. The number of benzene rings is 2. The molecule has 0 unspecified atom stereocenters. The lowest BCUT2D eigenvalue weighted by molar-refractivity contribution is -0.142. The summed E-state index contributed by atoms with van der Waals surface area (Å²) in [5.74, 6) is 0.108. The van der Waals surface area contributed by atoms with Crippen LogP contribution < -0.4 is 10.4 Å². The van der Waals surface area contributed by atoms with Crippen molar-refractivity contribution in [3.05, 3.63) is 73.3 Å². The van der Waals surface area contributed by atoms with Crippen molar-refractivity contribution in [1.82, 2.24) is 4.90 Å². The Kier molecular flexibility index (Phi) is 7.16. The summed E-state index contributed by atoms with van der Waals surface area (Å²) < 4.78 is 26.4. The zero-order chi connectivity index (χ0) is 26.3. The standard InChI is InChI=1S/C29H31BrFNO5/c1-17-22-8-9-25(36-16-19-6-7-21(30)13-24(19)31)18(2)27(22)37-28(34)23(17)14-26(33)32-12-11-29(35)10-4-3-5-20(29)15-32/h6-9,13,20,35H,3-5,10-12,14-16H2,1-2H3/t20-,29-/m1/s1. The van der Waals surface area contributed by atoms with Gasteiger partial charge in [-0.2, -0.15) is 0 Å². The highest BCUT2D eigenvalue weighted by Crippen LogP contribution is 2.40. The fraction of sp³-hybridized carbons (Fsp3) is 0.448. The third-order valence-electron chi connectivity index (χ3n) is 8.16. The quantitative estimate of drug-likeness (QED) is 0.404. The summed E-state index contributed by atoms with van der Waals surface area (Å²) in [7, 11) is 0. The molecule has 0 radical (unpaired) electrons. The van der Waals surface area contributed by atoms with E-state index in [0.717, 1.165) is 31.1 Å². The molecule has 0 spiro atoms. The van der Waals surface area contributed by atoms with Gasteiger partial charge in [-0.25, -0.2) is 9.18 Å². The topological polar surface area (TPSA) is 80.0 Å². The van der Waals surface area contributed by atoms with Gasteiger partial charge in [0.15, 0.2) is 0 Å². The molecule has 5 rings (SSSR count). The van der Waals surface area contributed by atoms with Gasteiger partial charge in [-0.3, -0.25) is 4.79 Å². The summed E-state index contributed by atoms with van der Waals surface area (Å²) >= 11 is 3.25. The number of carbonyl (C=O) groups is 1. The van der Waals surface area contributed by atoms with Crippen LogP contribution in [-0.2, 0) is 17.8 Å². The Labute approximate surface area is 223 Å². The first-order valence-corrected chi connectivity index (χ1v) is 13.6. The second kappa shape index (κ2) is 10.2. The Morgan fingerprint density at radius 3 is 2.81 bits per heavy atom. The first-order chi connectivity index (χ1) is 17.7. The SMILES string of the molecule is Cc1c(CC(=O)N2CC[C@]3(O)CCCC[C@@H]3C2)c(=O)oc2c(C)c(OCc3ccc(Br)cc3F)ccc12. The van der Waals surface area contributed by atoms with Gasteiger partial charge >= 0.3 is 5.63 Å². The molecule has 1 aromatic heterocycles. The zero-order valence-corrected chi connectivity index (χ0v) is 22.7. The van der Waals surface area contributed by atoms with Crippen LogP contribution in [0.25, 0.3) is 11.0 Å². The first-order valence-electron chi connectivity index (χ1n) is 12.8. The van der Waals surface area contributed by atoms with Gasteiger partial charge in [-0.05, 0) is 62.9 Å². The second-order valence-electron chi connectivity index (χ2n) is 10.4. The molecule has 2 heterocycles. The van der Waals surface area contributed by atoms with Crippen molar-refractivity contribution >= 4 is 32.8 Å². The van der Waals surface area contributed by atoms with E-state index in [-0.39, 0.29) is 30.7 Å². The maximum atomic E-state index is 14.2. The van der Waals surface area contributed by atoms with Gasteiger partial charge < -0.3 is 19.2 Å². The van der Waals surface area contributed by atoms with Crippen LogP contribution in [0.15, 0.2) is 44.0 Å². The largest absolute Gasteiger partial charge is 0.488 e. The van der Waals surface area contributed by atoms with Crippen LogP contribution in [-0.4, -0.2) is 34.6 Å². The van der Waals surface area contributed by atoms with Gasteiger partial charge in [0.05, 0.1) is 17.6 Å². The molecule has 2 aromatic carbocycles. The van der Waals surface area contributed by atoms with Crippen LogP contribution in [0.2, 0.25) is 0 Å². The second-order valence-corrected chi connectivity index (χ2v) is 11.3. The van der Waals surface area contributed by atoms with E-state index in [1.165, 1.54) is 6.07 Å². The molecule has 1 aliphatic carbocycles. The fourth-order valence-corrected chi connectivity index (χ4v) is 6.12. The van der Waals surface area contributed by atoms with E-state index >= 15 is 0 Å². The molecule has 37 heavy (non-hydrogen) atoms. The van der Waals surface area contributed by atoms with E-state index in [2.05, 4.69) is 15.9 Å². The van der Waals surface area contributed by atoms with Crippen LogP contribution in [0.3, 0.4) is 0 Å². The van der Waals surface area contributed by atoms with E-state index in [9.17, 15) is 19.1 Å². The molecule has 3 aromatic rings. The van der Waals surface area contributed by atoms with Gasteiger partial charge in [0.1, 0.15) is 23.8 Å². The predicted octanol–water partition coefficient (Wildman–Crippen LogP) is 5.59. The number of piperidine rings is 1. The Balaban J connectivity index is 1.35. The minimum Gasteiger partial charge on any atom is -0.488 e. The third-order valence-corrected chi connectivity index (χ3v) is 8.65. The van der Waals surface area contributed by atoms with Crippen molar-refractivity contribution in [1.29, 1.82) is 0 Å². The highest BCUT2D eigenvalue weighted by atomic mass is 79.9. The molecule has 1 saturated heterocycles. The number of rotatable bonds is 5. The molecule has 1 aliphatic heterocycles. The van der Waals surface area contributed by atoms with Crippen molar-refractivity contribution in [3.8, 4) is 5.75 Å². The van der Waals surface area contributed by atoms with E-state index in [4.69, 9.17) is 9.15 Å². The fourth-order valence-electron chi connectivity index (χ4n) is 5.79. The summed E-state index contributed by atoms with van der Waals surface area (Å²) in [5, 5.41) is 11.7. The Morgan fingerprint density at radius 1 is 1.22 bits per heavy atom. The number of halogens is 2. The summed E-state index contributed by atoms with van der Waals surface area (Å²) in [5.41, 5.74) is 1.32. The number of ether oxygens (including phenoxy) is 1. The summed E-state index contributed by atoms with van der Waals surface area (Å²) in [6.45, 7) is 4.69. The normalized spacial score (nSPS) is 21.6.